The van der Waals surface area contributed by atoms with Crippen LogP contribution < -0.4 is 15.4 Å². The Morgan fingerprint density at radius 2 is 1.48 bits per heavy atom. The van der Waals surface area contributed by atoms with E-state index in [1.165, 1.54) is 6.07 Å². The molecule has 0 aliphatic rings. The highest BCUT2D eigenvalue weighted by Gasteiger charge is 2.37. The minimum atomic E-state index is -5.09. The molecule has 2 amide bonds. The lowest BCUT2D eigenvalue weighted by atomic mass is 10.0. The molecule has 1 aromatic heterocycles. The van der Waals surface area contributed by atoms with Gasteiger partial charge >= 0.3 is 18.5 Å². The third-order valence-electron chi connectivity index (χ3n) is 5.45. The molecule has 0 saturated carbocycles. The van der Waals surface area contributed by atoms with Gasteiger partial charge < -0.3 is 20.1 Å². The van der Waals surface area contributed by atoms with Gasteiger partial charge in [0.15, 0.2) is 5.69 Å². The van der Waals surface area contributed by atoms with Crippen LogP contribution in [0, 0.1) is 0 Å². The average Bonchev–Trinajstić information content (AvgIpc) is 3.43. The lowest BCUT2D eigenvalue weighted by Crippen LogP contribution is -2.33. The van der Waals surface area contributed by atoms with Crippen LogP contribution in [-0.2, 0) is 23.6 Å². The van der Waals surface area contributed by atoms with Crippen LogP contribution in [0.4, 0.5) is 43.9 Å². The molecule has 0 spiro atoms. The molecule has 0 radical (unpaired) electrons. The second kappa shape index (κ2) is 13.9. The van der Waals surface area contributed by atoms with E-state index >= 15 is 0 Å². The van der Waals surface area contributed by atoms with Crippen LogP contribution in [0.5, 0.6) is 5.75 Å². The standard InChI is InChI=1S/C25H21F10N5O4/c26-3-4-43-5-6-44-20-9-15(21(41)37-13-23(27,28)29)1-2-19(20)40-12-18(38-39-40)22(42)36-11-14-7-16(24(30,31)32)10-17(8-14)25(33,34)35/h1-2,7-10,12H,3-6,11,13H2,(H,36,42)(H,37,41). The number of hydrogen-bond acceptors (Lipinski definition) is 6. The van der Waals surface area contributed by atoms with Crippen LogP contribution in [0.1, 0.15) is 37.5 Å². The zero-order chi connectivity index (χ0) is 32.7. The van der Waals surface area contributed by atoms with E-state index in [9.17, 15) is 53.5 Å². The Hall–Kier alpha value is -4.42. The number of aromatic nitrogens is 3. The monoisotopic (exact) mass is 645 g/mol. The van der Waals surface area contributed by atoms with Crippen molar-refractivity contribution in [3.05, 3.63) is 70.5 Å². The van der Waals surface area contributed by atoms with Gasteiger partial charge in [-0.1, -0.05) is 5.21 Å². The molecule has 0 unspecified atom stereocenters. The SMILES string of the molecule is O=C(NCC(F)(F)F)c1ccc(-n2cc(C(=O)NCc3cc(C(F)(F)F)cc(C(F)(F)F)c3)nn2)c(OCCOCCF)c1. The molecule has 0 aliphatic carbocycles. The molecule has 0 bridgehead atoms. The molecule has 0 fully saturated rings. The van der Waals surface area contributed by atoms with Gasteiger partial charge in [-0.2, -0.15) is 39.5 Å². The van der Waals surface area contributed by atoms with Crippen molar-refractivity contribution in [2.75, 3.05) is 33.0 Å². The van der Waals surface area contributed by atoms with Crippen LogP contribution >= 0.6 is 0 Å². The van der Waals surface area contributed by atoms with Gasteiger partial charge in [0.05, 0.1) is 30.5 Å². The fourth-order valence-corrected chi connectivity index (χ4v) is 3.49. The number of amides is 2. The van der Waals surface area contributed by atoms with E-state index in [1.54, 1.807) is 5.32 Å². The quantitative estimate of drug-likeness (QED) is 0.215. The molecular weight excluding hydrogens is 624 g/mol. The van der Waals surface area contributed by atoms with E-state index < -0.39 is 72.5 Å². The molecule has 2 N–H and O–H groups in total. The normalized spacial score (nSPS) is 12.2. The molecule has 240 valence electrons. The predicted octanol–water partition coefficient (Wildman–Crippen LogP) is 4.89. The topological polar surface area (TPSA) is 107 Å². The number of nitrogens with one attached hydrogen (secondary N) is 2. The molecule has 3 aromatic rings. The Morgan fingerprint density at radius 1 is 0.818 bits per heavy atom. The van der Waals surface area contributed by atoms with Gasteiger partial charge in [0.2, 0.25) is 0 Å². The smallest absolute Gasteiger partial charge is 0.416 e. The molecule has 19 heteroatoms. The molecule has 3 rings (SSSR count). The third-order valence-corrected chi connectivity index (χ3v) is 5.45. The minimum absolute atomic E-state index is 0.0158. The van der Waals surface area contributed by atoms with E-state index in [1.807, 2.05) is 0 Å². The Balaban J connectivity index is 1.80. The summed E-state index contributed by atoms with van der Waals surface area (Å²) < 4.78 is 140. The van der Waals surface area contributed by atoms with Crippen LogP contribution in [-0.4, -0.2) is 66.0 Å². The lowest BCUT2D eigenvalue weighted by Gasteiger charge is -2.14. The minimum Gasteiger partial charge on any atom is -0.489 e. The maximum absolute atomic E-state index is 13.1. The van der Waals surface area contributed by atoms with E-state index in [0.29, 0.717) is 12.1 Å². The maximum atomic E-state index is 13.1. The van der Waals surface area contributed by atoms with Crippen LogP contribution in [0.15, 0.2) is 42.6 Å². The second-order valence-corrected chi connectivity index (χ2v) is 8.78. The summed E-state index contributed by atoms with van der Waals surface area (Å²) in [6.45, 7) is -3.70. The van der Waals surface area contributed by atoms with E-state index in [-0.39, 0.29) is 42.9 Å². The van der Waals surface area contributed by atoms with Crippen molar-refractivity contribution in [1.82, 2.24) is 25.6 Å². The molecule has 0 saturated heterocycles. The van der Waals surface area contributed by atoms with Gasteiger partial charge in [0, 0.05) is 12.1 Å². The zero-order valence-corrected chi connectivity index (χ0v) is 22.0. The number of hydrogen-bond donors (Lipinski definition) is 2. The summed E-state index contributed by atoms with van der Waals surface area (Å²) in [5, 5.41) is 11.1. The third kappa shape index (κ3) is 9.81. The molecule has 2 aromatic carbocycles. The van der Waals surface area contributed by atoms with Gasteiger partial charge in [-0.15, -0.1) is 5.10 Å². The summed E-state index contributed by atoms with van der Waals surface area (Å²) in [6.07, 6.45) is -13.8. The number of rotatable bonds is 12. The Morgan fingerprint density at radius 3 is 2.07 bits per heavy atom. The van der Waals surface area contributed by atoms with Crippen LogP contribution in [0.3, 0.4) is 0 Å². The van der Waals surface area contributed by atoms with Crippen LogP contribution in [0.2, 0.25) is 0 Å². The van der Waals surface area contributed by atoms with Gasteiger partial charge in [0.1, 0.15) is 31.3 Å². The summed E-state index contributed by atoms with van der Waals surface area (Å²) in [6, 6.07) is 4.19. The first-order valence-electron chi connectivity index (χ1n) is 12.2. The highest BCUT2D eigenvalue weighted by molar-refractivity contribution is 5.95. The summed E-state index contributed by atoms with van der Waals surface area (Å²) >= 11 is 0. The first kappa shape index (κ1) is 34.1. The number of halogens is 10. The number of benzene rings is 2. The van der Waals surface area contributed by atoms with Gasteiger partial charge in [-0.05, 0) is 42.0 Å². The number of nitrogens with zero attached hydrogens (tertiary/aromatic N) is 3. The van der Waals surface area contributed by atoms with Crippen molar-refractivity contribution in [3.63, 3.8) is 0 Å². The average molecular weight is 645 g/mol. The largest absolute Gasteiger partial charge is 0.489 e. The van der Waals surface area contributed by atoms with E-state index in [2.05, 4.69) is 15.6 Å². The first-order valence-corrected chi connectivity index (χ1v) is 12.2. The number of carbonyl (C=O) groups excluding carboxylic acids is 2. The molecule has 44 heavy (non-hydrogen) atoms. The fourth-order valence-electron chi connectivity index (χ4n) is 3.49. The predicted molar refractivity (Wildman–Crippen MR) is 130 cm³/mol. The zero-order valence-electron chi connectivity index (χ0n) is 22.0. The first-order chi connectivity index (χ1) is 20.5. The van der Waals surface area contributed by atoms with Crippen LogP contribution in [0.25, 0.3) is 5.69 Å². The van der Waals surface area contributed by atoms with Crippen molar-refractivity contribution < 1.29 is 63.0 Å². The van der Waals surface area contributed by atoms with Crippen molar-refractivity contribution in [3.8, 4) is 11.4 Å². The molecule has 9 nitrogen and oxygen atoms in total. The summed E-state index contributed by atoms with van der Waals surface area (Å²) in [5.74, 6) is -2.28. The summed E-state index contributed by atoms with van der Waals surface area (Å²) in [7, 11) is 0. The molecule has 0 aliphatic heterocycles. The Bertz CT molecular complexity index is 1420. The van der Waals surface area contributed by atoms with Gasteiger partial charge in [-0.25, -0.2) is 9.07 Å². The lowest BCUT2D eigenvalue weighted by molar-refractivity contribution is -0.143. The van der Waals surface area contributed by atoms with Crippen molar-refractivity contribution in [1.29, 1.82) is 0 Å². The number of carbonyl (C=O) groups is 2. The Labute approximate surface area is 241 Å². The van der Waals surface area contributed by atoms with Crippen molar-refractivity contribution in [2.24, 2.45) is 0 Å². The van der Waals surface area contributed by atoms with E-state index in [0.717, 1.165) is 23.0 Å². The van der Waals surface area contributed by atoms with Crippen molar-refractivity contribution >= 4 is 11.8 Å². The van der Waals surface area contributed by atoms with Gasteiger partial charge in [-0.3, -0.25) is 9.59 Å². The highest BCUT2D eigenvalue weighted by atomic mass is 19.4. The maximum Gasteiger partial charge on any atom is 0.416 e. The summed E-state index contributed by atoms with van der Waals surface area (Å²) in [5.41, 5.74) is -4.31. The van der Waals surface area contributed by atoms with Gasteiger partial charge in [0.25, 0.3) is 11.8 Å². The number of ether oxygens (including phenoxy) is 2. The Kier molecular flexibility index (Phi) is 10.8. The molecule has 1 heterocycles. The van der Waals surface area contributed by atoms with E-state index in [4.69, 9.17) is 9.47 Å². The molecular formula is C25H21F10N5O4. The highest BCUT2D eigenvalue weighted by Crippen LogP contribution is 2.36. The number of alkyl halides is 10. The fraction of sp³-hybridized carbons (Fsp3) is 0.360. The van der Waals surface area contributed by atoms with Crippen molar-refractivity contribution in [2.45, 2.75) is 25.1 Å². The summed E-state index contributed by atoms with van der Waals surface area (Å²) in [4.78, 5) is 24.8. The second-order valence-electron chi connectivity index (χ2n) is 8.78. The molecule has 0 atom stereocenters.